The predicted molar refractivity (Wildman–Crippen MR) is 92.1 cm³/mol. The molecule has 2 amide bonds. The molecule has 0 unspecified atom stereocenters. The Morgan fingerprint density at radius 1 is 1.23 bits per heavy atom. The molecule has 144 valence electrons. The van der Waals surface area contributed by atoms with Gasteiger partial charge in [0, 0.05) is 0 Å². The van der Waals surface area contributed by atoms with Gasteiger partial charge in [-0.2, -0.15) is 0 Å². The molecular formula is C17H26N3O6+. The molecule has 9 heteroatoms. The zero-order chi connectivity index (χ0) is 19.4. The minimum atomic E-state index is -0.874. The Hall–Kier alpha value is -2.39. The lowest BCUT2D eigenvalue weighted by Gasteiger charge is -2.31. The van der Waals surface area contributed by atoms with E-state index in [-0.39, 0.29) is 54.0 Å². The van der Waals surface area contributed by atoms with Crippen molar-refractivity contribution in [3.8, 4) is 0 Å². The van der Waals surface area contributed by atoms with Crippen molar-refractivity contribution < 1.29 is 33.2 Å². The molecule has 9 nitrogen and oxygen atoms in total. The SMILES string of the molecule is CCOC(=O)c1c(C)oc(NC(=O)C[NH+]2C[C@@H](C)O[C@H](C)C2)c1C(N)=O. The van der Waals surface area contributed by atoms with Crippen molar-refractivity contribution in [1.29, 1.82) is 0 Å². The van der Waals surface area contributed by atoms with E-state index in [9.17, 15) is 14.4 Å². The Labute approximate surface area is 151 Å². The van der Waals surface area contributed by atoms with Gasteiger partial charge in [-0.25, -0.2) is 4.79 Å². The number of nitrogens with one attached hydrogen (secondary N) is 2. The Balaban J connectivity index is 2.15. The van der Waals surface area contributed by atoms with Gasteiger partial charge in [-0.05, 0) is 27.7 Å². The van der Waals surface area contributed by atoms with E-state index in [0.717, 1.165) is 4.90 Å². The van der Waals surface area contributed by atoms with Gasteiger partial charge in [-0.1, -0.05) is 0 Å². The smallest absolute Gasteiger partial charge is 0.342 e. The number of esters is 1. The molecule has 0 spiro atoms. The molecule has 2 heterocycles. The topological polar surface area (TPSA) is 125 Å². The monoisotopic (exact) mass is 368 g/mol. The molecule has 0 aromatic carbocycles. The van der Waals surface area contributed by atoms with Crippen molar-refractivity contribution in [3.05, 3.63) is 16.9 Å². The Morgan fingerprint density at radius 3 is 2.38 bits per heavy atom. The van der Waals surface area contributed by atoms with Crippen LogP contribution in [0.25, 0.3) is 0 Å². The van der Waals surface area contributed by atoms with Crippen molar-refractivity contribution in [2.45, 2.75) is 39.9 Å². The average Bonchev–Trinajstić information content (AvgIpc) is 2.82. The number of anilines is 1. The molecular weight excluding hydrogens is 342 g/mol. The van der Waals surface area contributed by atoms with Gasteiger partial charge in [0.1, 0.15) is 42.2 Å². The maximum atomic E-state index is 12.4. The molecule has 2 rings (SSSR count). The number of nitrogens with two attached hydrogens (primary N) is 1. The third-order valence-corrected chi connectivity index (χ3v) is 4.09. The zero-order valence-electron chi connectivity index (χ0n) is 15.5. The average molecular weight is 368 g/mol. The number of quaternary nitrogens is 1. The van der Waals surface area contributed by atoms with Gasteiger partial charge in [0.05, 0.1) is 6.61 Å². The highest BCUT2D eigenvalue weighted by Gasteiger charge is 2.31. The van der Waals surface area contributed by atoms with Crippen LogP contribution in [0.3, 0.4) is 0 Å². The molecule has 0 saturated carbocycles. The number of carbonyl (C=O) groups excluding carboxylic acids is 3. The highest BCUT2D eigenvalue weighted by molar-refractivity contribution is 6.10. The minimum Gasteiger partial charge on any atom is -0.462 e. The number of ether oxygens (including phenoxy) is 2. The number of aryl methyl sites for hydroxylation is 1. The number of rotatable bonds is 6. The summed E-state index contributed by atoms with van der Waals surface area (Å²) in [4.78, 5) is 37.3. The van der Waals surface area contributed by atoms with Crippen molar-refractivity contribution in [1.82, 2.24) is 0 Å². The van der Waals surface area contributed by atoms with Gasteiger partial charge in [-0.3, -0.25) is 14.9 Å². The van der Waals surface area contributed by atoms with Crippen LogP contribution in [-0.4, -0.2) is 56.2 Å². The highest BCUT2D eigenvalue weighted by Crippen LogP contribution is 2.27. The quantitative estimate of drug-likeness (QED) is 0.581. The second-order valence-electron chi connectivity index (χ2n) is 6.46. The van der Waals surface area contributed by atoms with Crippen LogP contribution in [0.15, 0.2) is 4.42 Å². The van der Waals surface area contributed by atoms with Gasteiger partial charge in [0.25, 0.3) is 11.8 Å². The van der Waals surface area contributed by atoms with Gasteiger partial charge in [0.15, 0.2) is 6.54 Å². The first-order chi connectivity index (χ1) is 12.2. The predicted octanol–water partition coefficient (Wildman–Crippen LogP) is -0.506. The summed E-state index contributed by atoms with van der Waals surface area (Å²) in [6, 6.07) is 0. The van der Waals surface area contributed by atoms with Gasteiger partial charge < -0.3 is 24.5 Å². The number of carbonyl (C=O) groups is 3. The number of furan rings is 1. The Bertz CT molecular complexity index is 689. The molecule has 1 saturated heterocycles. The molecule has 1 fully saturated rings. The number of morpholine rings is 1. The summed E-state index contributed by atoms with van der Waals surface area (Å²) >= 11 is 0. The second-order valence-corrected chi connectivity index (χ2v) is 6.46. The van der Waals surface area contributed by atoms with E-state index in [0.29, 0.717) is 13.1 Å². The van der Waals surface area contributed by atoms with Crippen LogP contribution in [0.2, 0.25) is 0 Å². The van der Waals surface area contributed by atoms with E-state index >= 15 is 0 Å². The van der Waals surface area contributed by atoms with Crippen molar-refractivity contribution in [3.63, 3.8) is 0 Å². The van der Waals surface area contributed by atoms with Crippen LogP contribution in [0.1, 0.15) is 47.2 Å². The van der Waals surface area contributed by atoms with E-state index < -0.39 is 11.9 Å². The van der Waals surface area contributed by atoms with Gasteiger partial charge in [0.2, 0.25) is 5.88 Å². The molecule has 1 aliphatic heterocycles. The molecule has 26 heavy (non-hydrogen) atoms. The summed E-state index contributed by atoms with van der Waals surface area (Å²) in [5.74, 6) is -1.90. The molecule has 0 radical (unpaired) electrons. The minimum absolute atomic E-state index is 0.0593. The first-order valence-corrected chi connectivity index (χ1v) is 8.62. The van der Waals surface area contributed by atoms with Crippen LogP contribution >= 0.6 is 0 Å². The molecule has 0 aliphatic carbocycles. The third kappa shape index (κ3) is 4.61. The fraction of sp³-hybridized carbons (Fsp3) is 0.588. The molecule has 1 aromatic rings. The van der Waals surface area contributed by atoms with E-state index in [1.54, 1.807) is 6.92 Å². The van der Waals surface area contributed by atoms with E-state index in [1.165, 1.54) is 6.92 Å². The fourth-order valence-corrected chi connectivity index (χ4v) is 3.25. The summed E-state index contributed by atoms with van der Waals surface area (Å²) < 4.78 is 16.0. The summed E-state index contributed by atoms with van der Waals surface area (Å²) in [7, 11) is 0. The van der Waals surface area contributed by atoms with E-state index in [1.807, 2.05) is 13.8 Å². The van der Waals surface area contributed by atoms with Gasteiger partial charge in [-0.15, -0.1) is 0 Å². The number of hydrogen-bond acceptors (Lipinski definition) is 6. The summed E-state index contributed by atoms with van der Waals surface area (Å²) in [6.07, 6.45) is 0.119. The summed E-state index contributed by atoms with van der Waals surface area (Å²) in [6.45, 7) is 8.79. The number of hydrogen-bond donors (Lipinski definition) is 3. The molecule has 1 aliphatic rings. The van der Waals surface area contributed by atoms with Crippen molar-refractivity contribution in [2.75, 3.05) is 31.6 Å². The highest BCUT2D eigenvalue weighted by atomic mass is 16.5. The first-order valence-electron chi connectivity index (χ1n) is 8.62. The zero-order valence-corrected chi connectivity index (χ0v) is 15.5. The molecule has 2 atom stereocenters. The van der Waals surface area contributed by atoms with Crippen LogP contribution in [0, 0.1) is 6.92 Å². The molecule has 1 aromatic heterocycles. The Kier molecular flexibility index (Phi) is 6.38. The van der Waals surface area contributed by atoms with Crippen LogP contribution in [-0.2, 0) is 14.3 Å². The standard InChI is InChI=1S/C17H25N3O6/c1-5-24-17(23)13-11(4)26-16(14(13)15(18)22)19-12(21)8-20-6-9(2)25-10(3)7-20/h9-10H,5-8H2,1-4H3,(H2,18,22)(H,19,21)/p+1/t9-,10-/m1/s1. The second kappa shape index (κ2) is 8.33. The summed E-state index contributed by atoms with van der Waals surface area (Å²) in [5, 5.41) is 2.55. The normalized spacial score (nSPS) is 22.7. The van der Waals surface area contributed by atoms with E-state index in [4.69, 9.17) is 19.6 Å². The molecule has 4 N–H and O–H groups in total. The lowest BCUT2D eigenvalue weighted by atomic mass is 10.1. The van der Waals surface area contributed by atoms with Gasteiger partial charge >= 0.3 is 5.97 Å². The number of primary amides is 1. The fourth-order valence-electron chi connectivity index (χ4n) is 3.25. The summed E-state index contributed by atoms with van der Waals surface area (Å²) in [5.41, 5.74) is 5.15. The Morgan fingerprint density at radius 2 is 1.85 bits per heavy atom. The van der Waals surface area contributed by atoms with Crippen LogP contribution in [0.5, 0.6) is 0 Å². The lowest BCUT2D eigenvalue weighted by Crippen LogP contribution is -3.16. The molecule has 0 bridgehead atoms. The van der Waals surface area contributed by atoms with Crippen LogP contribution in [0.4, 0.5) is 5.88 Å². The van der Waals surface area contributed by atoms with E-state index in [2.05, 4.69) is 5.32 Å². The third-order valence-electron chi connectivity index (χ3n) is 4.09. The lowest BCUT2D eigenvalue weighted by molar-refractivity contribution is -0.907. The van der Waals surface area contributed by atoms with Crippen LogP contribution < -0.4 is 16.0 Å². The first kappa shape index (κ1) is 19.9. The van der Waals surface area contributed by atoms with Crippen molar-refractivity contribution in [2.24, 2.45) is 5.73 Å². The maximum Gasteiger partial charge on any atom is 0.342 e. The largest absolute Gasteiger partial charge is 0.462 e. The number of amides is 2. The maximum absolute atomic E-state index is 12.4. The van der Waals surface area contributed by atoms with Crippen molar-refractivity contribution >= 4 is 23.7 Å².